The average molecular weight is 411 g/mol. The van der Waals surface area contributed by atoms with Gasteiger partial charge in [-0.1, -0.05) is 35.9 Å². The number of esters is 1. The van der Waals surface area contributed by atoms with Gasteiger partial charge in [0.2, 0.25) is 0 Å². The van der Waals surface area contributed by atoms with Gasteiger partial charge in [0, 0.05) is 10.8 Å². The second kappa shape index (κ2) is 9.59. The molecule has 0 aliphatic carbocycles. The molecule has 0 aliphatic heterocycles. The molecule has 27 heavy (non-hydrogen) atoms. The molecule has 1 aromatic carbocycles. The van der Waals surface area contributed by atoms with E-state index in [0.717, 1.165) is 16.0 Å². The molecule has 1 aromatic heterocycles. The highest BCUT2D eigenvalue weighted by Crippen LogP contribution is 2.34. The number of hydrogen-bond donors (Lipinski definition) is 1. The third-order valence-corrected chi connectivity index (χ3v) is 5.18. The van der Waals surface area contributed by atoms with Crippen molar-refractivity contribution < 1.29 is 22.5 Å². The van der Waals surface area contributed by atoms with E-state index in [9.17, 15) is 13.6 Å². The molecule has 0 amide bonds. The molecule has 0 aliphatic rings. The first kappa shape index (κ1) is 21.8. The third-order valence-electron chi connectivity index (χ3n) is 3.91. The van der Waals surface area contributed by atoms with Crippen molar-refractivity contribution in [1.82, 2.24) is 0 Å². The summed E-state index contributed by atoms with van der Waals surface area (Å²) in [6, 6.07) is 11.5. The molecule has 0 fully saturated rings. The van der Waals surface area contributed by atoms with Crippen LogP contribution in [0.5, 0.6) is 0 Å². The normalized spacial score (nSPS) is 15.1. The molecule has 0 radical (unpaired) electrons. The van der Waals surface area contributed by atoms with Crippen LogP contribution in [-0.4, -0.2) is 20.3 Å². The van der Waals surface area contributed by atoms with Crippen LogP contribution in [0.3, 0.4) is 0 Å². The zero-order valence-corrected chi connectivity index (χ0v) is 17.6. The number of carbonyl (C=O) groups is 1. The van der Waals surface area contributed by atoms with Crippen LogP contribution in [0.4, 0.5) is 0 Å². The zero-order valence-electron chi connectivity index (χ0n) is 16.0. The van der Waals surface area contributed by atoms with Gasteiger partial charge in [0.05, 0.1) is 6.42 Å². The summed E-state index contributed by atoms with van der Waals surface area (Å²) < 4.78 is 31.6. The summed E-state index contributed by atoms with van der Waals surface area (Å²) in [4.78, 5) is 13.5. The molecule has 7 heteroatoms. The molecular formula is C20H26O5S2. The van der Waals surface area contributed by atoms with Crippen LogP contribution in [0.2, 0.25) is 0 Å². The Bertz CT molecular complexity index is 748. The van der Waals surface area contributed by atoms with Gasteiger partial charge in [-0.25, -0.2) is 0 Å². The van der Waals surface area contributed by atoms with Crippen LogP contribution in [0.15, 0.2) is 41.8 Å². The van der Waals surface area contributed by atoms with Gasteiger partial charge in [-0.15, -0.1) is 11.3 Å². The molecule has 0 bridgehead atoms. The second-order valence-electron chi connectivity index (χ2n) is 7.48. The lowest BCUT2D eigenvalue weighted by molar-refractivity contribution is -0.156. The van der Waals surface area contributed by atoms with Crippen LogP contribution in [0, 0.1) is 12.8 Å². The Morgan fingerprint density at radius 1 is 1.22 bits per heavy atom. The van der Waals surface area contributed by atoms with Crippen molar-refractivity contribution >= 4 is 28.7 Å². The van der Waals surface area contributed by atoms with Gasteiger partial charge in [-0.05, 0) is 51.1 Å². The van der Waals surface area contributed by atoms with Gasteiger partial charge in [-0.2, -0.15) is 4.21 Å². The van der Waals surface area contributed by atoms with E-state index < -0.39 is 23.1 Å². The van der Waals surface area contributed by atoms with Crippen molar-refractivity contribution in [3.8, 4) is 0 Å². The number of thiophene rings is 1. The van der Waals surface area contributed by atoms with Crippen LogP contribution in [0.25, 0.3) is 0 Å². The summed E-state index contributed by atoms with van der Waals surface area (Å²) in [6.07, 6.45) is -0.0663. The Labute approximate surface area is 167 Å². The number of carbonyl (C=O) groups excluding carboxylic acids is 1. The molecule has 3 unspecified atom stereocenters. The fourth-order valence-electron chi connectivity index (χ4n) is 2.82. The predicted molar refractivity (Wildman–Crippen MR) is 108 cm³/mol. The lowest BCUT2D eigenvalue weighted by Crippen LogP contribution is -2.28. The highest BCUT2D eigenvalue weighted by molar-refractivity contribution is 7.74. The van der Waals surface area contributed by atoms with Crippen molar-refractivity contribution in [3.63, 3.8) is 0 Å². The molecule has 0 saturated heterocycles. The Hall–Kier alpha value is -1.54. The molecular weight excluding hydrogens is 384 g/mol. The topological polar surface area (TPSA) is 72.8 Å². The first-order valence-electron chi connectivity index (χ1n) is 8.73. The summed E-state index contributed by atoms with van der Waals surface area (Å²) in [7, 11) is 0. The minimum absolute atomic E-state index is 0.0882. The van der Waals surface area contributed by atoms with Gasteiger partial charge in [0.15, 0.2) is 0 Å². The number of ether oxygens (including phenoxy) is 1. The second-order valence-corrected chi connectivity index (χ2v) is 9.14. The maximum absolute atomic E-state index is 12.5. The van der Waals surface area contributed by atoms with E-state index in [1.165, 1.54) is 0 Å². The van der Waals surface area contributed by atoms with Gasteiger partial charge in [0.25, 0.3) is 0 Å². The molecule has 1 heterocycles. The van der Waals surface area contributed by atoms with Crippen LogP contribution in [0.1, 0.15) is 49.3 Å². The van der Waals surface area contributed by atoms with E-state index in [1.807, 2.05) is 69.5 Å². The highest BCUT2D eigenvalue weighted by atomic mass is 32.2. The van der Waals surface area contributed by atoms with Gasteiger partial charge >= 0.3 is 17.3 Å². The van der Waals surface area contributed by atoms with Crippen molar-refractivity contribution in [3.05, 3.63) is 57.8 Å². The number of benzene rings is 1. The fraction of sp³-hybridized carbons (Fsp3) is 0.450. The quantitative estimate of drug-likeness (QED) is 0.498. The standard InChI is InChI=1S/C20H26O5S2/c1-14-7-9-15(10-8-14)19(25-27(22)23)16(12-17-6-5-11-26-17)13-18(21)24-20(2,3)4/h5-11,16,19H,12-13H2,1-4H3,(H,22,23). The van der Waals surface area contributed by atoms with E-state index in [4.69, 9.17) is 8.92 Å². The van der Waals surface area contributed by atoms with Gasteiger partial charge < -0.3 is 4.74 Å². The monoisotopic (exact) mass is 410 g/mol. The Kier molecular flexibility index (Phi) is 7.73. The summed E-state index contributed by atoms with van der Waals surface area (Å²) in [5.74, 6) is -0.689. The first-order valence-corrected chi connectivity index (χ1v) is 10.6. The third kappa shape index (κ3) is 7.54. The maximum atomic E-state index is 12.5. The lowest BCUT2D eigenvalue weighted by Gasteiger charge is -2.27. The molecule has 2 aromatic rings. The Balaban J connectivity index is 2.31. The summed E-state index contributed by atoms with van der Waals surface area (Å²) in [5.41, 5.74) is 1.24. The SMILES string of the molecule is Cc1ccc(C(OS(=O)O)C(CC(=O)OC(C)(C)C)Cc2cccs2)cc1. The molecule has 1 N–H and O–H groups in total. The predicted octanol–water partition coefficient (Wildman–Crippen LogP) is 4.84. The van der Waals surface area contributed by atoms with E-state index in [-0.39, 0.29) is 18.3 Å². The minimum Gasteiger partial charge on any atom is -0.460 e. The lowest BCUT2D eigenvalue weighted by atomic mass is 9.89. The number of aryl methyl sites for hydroxylation is 1. The fourth-order valence-corrected chi connectivity index (χ4v) is 4.07. The van der Waals surface area contributed by atoms with Gasteiger partial charge in [0.1, 0.15) is 11.7 Å². The van der Waals surface area contributed by atoms with Gasteiger partial charge in [-0.3, -0.25) is 13.5 Å². The van der Waals surface area contributed by atoms with E-state index in [2.05, 4.69) is 0 Å². The van der Waals surface area contributed by atoms with Crippen molar-refractivity contribution in [1.29, 1.82) is 0 Å². The van der Waals surface area contributed by atoms with E-state index in [1.54, 1.807) is 11.3 Å². The largest absolute Gasteiger partial charge is 0.460 e. The zero-order chi connectivity index (χ0) is 20.0. The molecule has 0 spiro atoms. The van der Waals surface area contributed by atoms with Crippen LogP contribution >= 0.6 is 11.3 Å². The summed E-state index contributed by atoms with van der Waals surface area (Å²) >= 11 is -0.874. The smallest absolute Gasteiger partial charge is 0.306 e. The summed E-state index contributed by atoms with van der Waals surface area (Å²) in [6.45, 7) is 7.41. The van der Waals surface area contributed by atoms with Crippen LogP contribution < -0.4 is 0 Å². The Morgan fingerprint density at radius 2 is 1.89 bits per heavy atom. The van der Waals surface area contributed by atoms with Crippen molar-refractivity contribution in [2.24, 2.45) is 5.92 Å². The molecule has 148 valence electrons. The maximum Gasteiger partial charge on any atom is 0.306 e. The highest BCUT2D eigenvalue weighted by Gasteiger charge is 2.31. The van der Waals surface area contributed by atoms with Crippen molar-refractivity contribution in [2.75, 3.05) is 0 Å². The molecule has 0 saturated carbocycles. The summed E-state index contributed by atoms with van der Waals surface area (Å²) in [5, 5.41) is 1.96. The molecule has 5 nitrogen and oxygen atoms in total. The average Bonchev–Trinajstić information content (AvgIpc) is 3.04. The first-order chi connectivity index (χ1) is 12.6. The number of hydrogen-bond acceptors (Lipinski definition) is 5. The van der Waals surface area contributed by atoms with Crippen molar-refractivity contribution in [2.45, 2.75) is 52.2 Å². The molecule has 3 atom stereocenters. The Morgan fingerprint density at radius 3 is 2.41 bits per heavy atom. The minimum atomic E-state index is -2.45. The van der Waals surface area contributed by atoms with E-state index >= 15 is 0 Å². The van der Waals surface area contributed by atoms with Crippen LogP contribution in [-0.2, 0) is 31.5 Å². The molecule has 2 rings (SSSR count). The van der Waals surface area contributed by atoms with E-state index in [0.29, 0.717) is 6.42 Å². The number of rotatable bonds is 8.